The molecule has 0 bridgehead atoms. The fourth-order valence-corrected chi connectivity index (χ4v) is 1.06. The van der Waals surface area contributed by atoms with Crippen LogP contribution in [0.3, 0.4) is 0 Å². The summed E-state index contributed by atoms with van der Waals surface area (Å²) in [5, 5.41) is 5.53. The Morgan fingerprint density at radius 3 is 1.93 bits per heavy atom. The van der Waals surface area contributed by atoms with E-state index in [9.17, 15) is 9.59 Å². The molecule has 0 fully saturated rings. The van der Waals surface area contributed by atoms with Crippen molar-refractivity contribution in [1.82, 2.24) is 10.6 Å². The van der Waals surface area contributed by atoms with E-state index in [1.54, 1.807) is 0 Å². The van der Waals surface area contributed by atoms with Gasteiger partial charge in [-0.2, -0.15) is 0 Å². The summed E-state index contributed by atoms with van der Waals surface area (Å²) in [6.07, 6.45) is 0. The maximum atomic E-state index is 10.9. The van der Waals surface area contributed by atoms with Gasteiger partial charge in [-0.15, -0.1) is 0 Å². The molecule has 0 spiro atoms. The Morgan fingerprint density at radius 2 is 1.64 bits per heavy atom. The van der Waals surface area contributed by atoms with Crippen molar-refractivity contribution in [2.45, 2.75) is 40.7 Å². The summed E-state index contributed by atoms with van der Waals surface area (Å²) in [7, 11) is 0. The first-order valence-corrected chi connectivity index (χ1v) is 4.75. The molecule has 0 saturated carbocycles. The summed E-state index contributed by atoms with van der Waals surface area (Å²) in [6.45, 7) is 9.48. The van der Waals surface area contributed by atoms with E-state index in [0.717, 1.165) is 0 Å². The highest BCUT2D eigenvalue weighted by atomic mass is 16.2. The molecule has 0 aliphatic rings. The predicted octanol–water partition coefficient (Wildman–Crippen LogP) is 0.673. The Labute approximate surface area is 85.4 Å². The molecule has 2 N–H and O–H groups in total. The van der Waals surface area contributed by atoms with Crippen molar-refractivity contribution in [2.75, 3.05) is 6.54 Å². The first kappa shape index (κ1) is 12.9. The van der Waals surface area contributed by atoms with Crippen molar-refractivity contribution < 1.29 is 9.59 Å². The summed E-state index contributed by atoms with van der Waals surface area (Å²) in [5.74, 6) is -0.153. The zero-order valence-corrected chi connectivity index (χ0v) is 9.60. The van der Waals surface area contributed by atoms with Gasteiger partial charge in [-0.1, -0.05) is 20.8 Å². The van der Waals surface area contributed by atoms with Gasteiger partial charge in [-0.3, -0.25) is 9.59 Å². The summed E-state index contributed by atoms with van der Waals surface area (Å²) in [4.78, 5) is 21.7. The highest BCUT2D eigenvalue weighted by Crippen LogP contribution is 2.18. The molecule has 4 heteroatoms. The molecule has 1 atom stereocenters. The SMILES string of the molecule is CC(=O)NC[C@@H](NC(C)=O)C(C)(C)C. The Bertz CT molecular complexity index is 219. The summed E-state index contributed by atoms with van der Waals surface area (Å²) >= 11 is 0. The maximum Gasteiger partial charge on any atom is 0.217 e. The van der Waals surface area contributed by atoms with Crippen LogP contribution in [-0.2, 0) is 9.59 Å². The molecule has 0 aromatic carbocycles. The molecule has 0 aliphatic carbocycles. The minimum atomic E-state index is -0.0791. The molecule has 4 nitrogen and oxygen atoms in total. The average molecular weight is 200 g/mol. The molecular formula is C10H20N2O2. The number of hydrogen-bond donors (Lipinski definition) is 2. The predicted molar refractivity (Wildman–Crippen MR) is 55.7 cm³/mol. The monoisotopic (exact) mass is 200 g/mol. The number of rotatable bonds is 3. The van der Waals surface area contributed by atoms with Gasteiger partial charge in [0.15, 0.2) is 0 Å². The van der Waals surface area contributed by atoms with E-state index in [1.165, 1.54) is 13.8 Å². The molecule has 14 heavy (non-hydrogen) atoms. The van der Waals surface area contributed by atoms with E-state index >= 15 is 0 Å². The van der Waals surface area contributed by atoms with Crippen LogP contribution in [0.25, 0.3) is 0 Å². The van der Waals surface area contributed by atoms with Crippen LogP contribution in [-0.4, -0.2) is 24.4 Å². The molecular weight excluding hydrogens is 180 g/mol. The van der Waals surface area contributed by atoms with E-state index in [4.69, 9.17) is 0 Å². The molecule has 0 aromatic heterocycles. The Hall–Kier alpha value is -1.06. The van der Waals surface area contributed by atoms with E-state index in [-0.39, 0.29) is 23.3 Å². The second-order valence-electron chi connectivity index (χ2n) is 4.56. The van der Waals surface area contributed by atoms with Gasteiger partial charge in [0, 0.05) is 20.4 Å². The van der Waals surface area contributed by atoms with Crippen LogP contribution < -0.4 is 10.6 Å². The second kappa shape index (κ2) is 4.98. The molecule has 0 saturated heterocycles. The van der Waals surface area contributed by atoms with E-state index in [1.807, 2.05) is 20.8 Å². The summed E-state index contributed by atoms with van der Waals surface area (Å²) in [5.41, 5.74) is -0.0614. The first-order valence-electron chi connectivity index (χ1n) is 4.75. The van der Waals surface area contributed by atoms with Gasteiger partial charge in [-0.25, -0.2) is 0 Å². The molecule has 0 aliphatic heterocycles. The Balaban J connectivity index is 4.26. The van der Waals surface area contributed by atoms with Gasteiger partial charge in [0.25, 0.3) is 0 Å². The lowest BCUT2D eigenvalue weighted by Gasteiger charge is -2.31. The van der Waals surface area contributed by atoms with E-state index in [0.29, 0.717) is 6.54 Å². The second-order valence-corrected chi connectivity index (χ2v) is 4.56. The quantitative estimate of drug-likeness (QED) is 0.703. The lowest BCUT2D eigenvalue weighted by molar-refractivity contribution is -0.122. The largest absolute Gasteiger partial charge is 0.354 e. The van der Waals surface area contributed by atoms with Crippen molar-refractivity contribution in [3.63, 3.8) is 0 Å². The summed E-state index contributed by atoms with van der Waals surface area (Å²) in [6, 6.07) is -0.0381. The van der Waals surface area contributed by atoms with Crippen LogP contribution in [0.15, 0.2) is 0 Å². The lowest BCUT2D eigenvalue weighted by atomic mass is 9.86. The first-order chi connectivity index (χ1) is 6.23. The minimum Gasteiger partial charge on any atom is -0.354 e. The number of carbonyl (C=O) groups is 2. The molecule has 0 radical (unpaired) electrons. The van der Waals surface area contributed by atoms with Crippen molar-refractivity contribution in [3.05, 3.63) is 0 Å². The van der Waals surface area contributed by atoms with Crippen molar-refractivity contribution in [2.24, 2.45) is 5.41 Å². The third kappa shape index (κ3) is 5.56. The Morgan fingerprint density at radius 1 is 1.14 bits per heavy atom. The third-order valence-corrected chi connectivity index (χ3v) is 1.98. The molecule has 0 aromatic rings. The van der Waals surface area contributed by atoms with Crippen LogP contribution in [0.4, 0.5) is 0 Å². The van der Waals surface area contributed by atoms with Crippen LogP contribution in [0, 0.1) is 5.41 Å². The van der Waals surface area contributed by atoms with Crippen LogP contribution >= 0.6 is 0 Å². The van der Waals surface area contributed by atoms with Gasteiger partial charge in [-0.05, 0) is 5.41 Å². The number of hydrogen-bond acceptors (Lipinski definition) is 2. The number of carbonyl (C=O) groups excluding carboxylic acids is 2. The normalized spacial score (nSPS) is 13.2. The molecule has 0 unspecified atom stereocenters. The Kier molecular flexibility index (Phi) is 4.60. The average Bonchev–Trinajstić information content (AvgIpc) is 1.94. The molecule has 2 amide bonds. The van der Waals surface area contributed by atoms with Gasteiger partial charge >= 0.3 is 0 Å². The zero-order valence-electron chi connectivity index (χ0n) is 9.60. The van der Waals surface area contributed by atoms with Crippen molar-refractivity contribution >= 4 is 11.8 Å². The van der Waals surface area contributed by atoms with E-state index in [2.05, 4.69) is 10.6 Å². The highest BCUT2D eigenvalue weighted by molar-refractivity contribution is 5.74. The lowest BCUT2D eigenvalue weighted by Crippen LogP contribution is -2.49. The van der Waals surface area contributed by atoms with Crippen molar-refractivity contribution in [1.29, 1.82) is 0 Å². The van der Waals surface area contributed by atoms with E-state index < -0.39 is 0 Å². The van der Waals surface area contributed by atoms with Crippen LogP contribution in [0.5, 0.6) is 0 Å². The fourth-order valence-electron chi connectivity index (χ4n) is 1.06. The molecule has 82 valence electrons. The van der Waals surface area contributed by atoms with Gasteiger partial charge in [0.1, 0.15) is 0 Å². The van der Waals surface area contributed by atoms with Gasteiger partial charge in [0.05, 0.1) is 6.04 Å². The molecule has 0 rings (SSSR count). The van der Waals surface area contributed by atoms with Gasteiger partial charge in [0.2, 0.25) is 11.8 Å². The topological polar surface area (TPSA) is 58.2 Å². The zero-order chi connectivity index (χ0) is 11.4. The third-order valence-electron chi connectivity index (χ3n) is 1.98. The number of amides is 2. The smallest absolute Gasteiger partial charge is 0.217 e. The van der Waals surface area contributed by atoms with Gasteiger partial charge < -0.3 is 10.6 Å². The minimum absolute atomic E-state index is 0.0381. The van der Waals surface area contributed by atoms with Crippen LogP contribution in [0.1, 0.15) is 34.6 Å². The van der Waals surface area contributed by atoms with Crippen LogP contribution in [0.2, 0.25) is 0 Å². The van der Waals surface area contributed by atoms with Crippen molar-refractivity contribution in [3.8, 4) is 0 Å². The molecule has 0 heterocycles. The fraction of sp³-hybridized carbons (Fsp3) is 0.800. The standard InChI is InChI=1S/C10H20N2O2/c1-7(13)11-6-9(10(3,4)5)12-8(2)14/h9H,6H2,1-5H3,(H,11,13)(H,12,14)/t9-/m1/s1. The maximum absolute atomic E-state index is 10.9. The highest BCUT2D eigenvalue weighted by Gasteiger charge is 2.25. The number of nitrogens with one attached hydrogen (secondary N) is 2. The summed E-state index contributed by atoms with van der Waals surface area (Å²) < 4.78 is 0.